The summed E-state index contributed by atoms with van der Waals surface area (Å²) in [5.41, 5.74) is 3.76. The lowest BCUT2D eigenvalue weighted by atomic mass is 10.0. The van der Waals surface area contributed by atoms with Gasteiger partial charge in [0.2, 0.25) is 0 Å². The van der Waals surface area contributed by atoms with Crippen LogP contribution in [-0.4, -0.2) is 21.0 Å². The Balaban J connectivity index is 1.83. The van der Waals surface area contributed by atoms with E-state index < -0.39 is 0 Å². The molecule has 5 heteroatoms. The van der Waals surface area contributed by atoms with Crippen LogP contribution in [0.5, 0.6) is 0 Å². The van der Waals surface area contributed by atoms with Gasteiger partial charge in [-0.15, -0.1) is 0 Å². The summed E-state index contributed by atoms with van der Waals surface area (Å²) >= 11 is 2.01. The van der Waals surface area contributed by atoms with Crippen LogP contribution in [-0.2, 0) is 0 Å². The van der Waals surface area contributed by atoms with Crippen molar-refractivity contribution < 1.29 is 0 Å². The van der Waals surface area contributed by atoms with Gasteiger partial charge < -0.3 is 0 Å². The summed E-state index contributed by atoms with van der Waals surface area (Å²) in [5, 5.41) is 0.802. The molecule has 0 amide bonds. The largest absolute Gasteiger partial charge is 0.271 e. The Morgan fingerprint density at radius 2 is 2.18 bits per heavy atom. The van der Waals surface area contributed by atoms with Crippen molar-refractivity contribution in [1.82, 2.24) is 15.4 Å². The average molecular weight is 252 g/mol. The van der Waals surface area contributed by atoms with Crippen LogP contribution >= 0.6 is 11.8 Å². The normalized spacial score (nSPS) is 19.1. The predicted octanol–water partition coefficient (Wildman–Crippen LogP) is 2.05. The van der Waals surface area contributed by atoms with Gasteiger partial charge >= 0.3 is 0 Å². The Hall–Kier alpha value is -0.650. The molecule has 1 heterocycles. The van der Waals surface area contributed by atoms with E-state index >= 15 is 0 Å². The van der Waals surface area contributed by atoms with Crippen LogP contribution in [0.4, 0.5) is 0 Å². The van der Waals surface area contributed by atoms with E-state index in [4.69, 9.17) is 5.84 Å². The second-order valence-corrected chi connectivity index (χ2v) is 5.78. The zero-order valence-electron chi connectivity index (χ0n) is 10.0. The van der Waals surface area contributed by atoms with Crippen LogP contribution < -0.4 is 11.3 Å². The fraction of sp³-hybridized carbons (Fsp3) is 0.667. The second-order valence-electron chi connectivity index (χ2n) is 4.44. The van der Waals surface area contributed by atoms with Crippen molar-refractivity contribution in [3.05, 3.63) is 24.3 Å². The number of hydrazine groups is 1. The first-order valence-electron chi connectivity index (χ1n) is 6.24. The summed E-state index contributed by atoms with van der Waals surface area (Å²) in [6.07, 6.45) is 12.0. The number of thioether (sulfide) groups is 1. The Bertz CT molecular complexity index is 314. The minimum Gasteiger partial charge on any atom is -0.271 e. The maximum absolute atomic E-state index is 5.59. The van der Waals surface area contributed by atoms with Crippen molar-refractivity contribution in [3.63, 3.8) is 0 Å². The third-order valence-electron chi connectivity index (χ3n) is 3.19. The van der Waals surface area contributed by atoms with E-state index in [-0.39, 0.29) is 6.04 Å². The van der Waals surface area contributed by atoms with Gasteiger partial charge in [-0.05, 0) is 12.8 Å². The number of aromatic nitrogens is 2. The third-order valence-corrected chi connectivity index (χ3v) is 4.66. The molecule has 0 spiro atoms. The van der Waals surface area contributed by atoms with Gasteiger partial charge in [-0.3, -0.25) is 21.2 Å². The molecule has 1 aromatic rings. The van der Waals surface area contributed by atoms with Gasteiger partial charge in [0.25, 0.3) is 0 Å². The molecule has 0 bridgehead atoms. The highest BCUT2D eigenvalue weighted by Gasteiger charge is 2.17. The zero-order chi connectivity index (χ0) is 11.9. The molecular formula is C12H20N4S. The van der Waals surface area contributed by atoms with E-state index in [1.54, 1.807) is 18.6 Å². The van der Waals surface area contributed by atoms with Crippen LogP contribution in [0.2, 0.25) is 0 Å². The van der Waals surface area contributed by atoms with Gasteiger partial charge in [-0.1, -0.05) is 19.3 Å². The minimum atomic E-state index is 0.107. The number of nitrogens with two attached hydrogens (primary N) is 1. The summed E-state index contributed by atoms with van der Waals surface area (Å²) in [6.45, 7) is 0. The van der Waals surface area contributed by atoms with Crippen molar-refractivity contribution in [2.24, 2.45) is 5.84 Å². The molecule has 1 aliphatic rings. The fourth-order valence-electron chi connectivity index (χ4n) is 2.17. The van der Waals surface area contributed by atoms with Crippen molar-refractivity contribution in [3.8, 4) is 0 Å². The van der Waals surface area contributed by atoms with Gasteiger partial charge in [0.15, 0.2) is 0 Å². The first-order valence-corrected chi connectivity index (χ1v) is 7.28. The van der Waals surface area contributed by atoms with E-state index in [9.17, 15) is 0 Å². The smallest absolute Gasteiger partial charge is 0.0777 e. The Kier molecular flexibility index (Phi) is 5.22. The highest BCUT2D eigenvalue weighted by atomic mass is 32.2. The second kappa shape index (κ2) is 6.93. The molecule has 3 N–H and O–H groups in total. The number of rotatable bonds is 5. The van der Waals surface area contributed by atoms with Gasteiger partial charge in [-0.25, -0.2) is 0 Å². The first-order chi connectivity index (χ1) is 8.40. The monoisotopic (exact) mass is 252 g/mol. The SMILES string of the molecule is NNC(CSC1CCCCC1)c1cnccn1. The van der Waals surface area contributed by atoms with Crippen LogP contribution in [0, 0.1) is 0 Å². The zero-order valence-corrected chi connectivity index (χ0v) is 10.8. The first kappa shape index (κ1) is 12.8. The molecule has 0 aromatic carbocycles. The molecule has 2 rings (SSSR count). The Morgan fingerprint density at radius 1 is 1.35 bits per heavy atom. The van der Waals surface area contributed by atoms with Gasteiger partial charge in [0.1, 0.15) is 0 Å². The molecule has 1 saturated carbocycles. The highest BCUT2D eigenvalue weighted by molar-refractivity contribution is 7.99. The van der Waals surface area contributed by atoms with Crippen LogP contribution in [0.1, 0.15) is 43.8 Å². The number of hydrogen-bond donors (Lipinski definition) is 2. The standard InChI is InChI=1S/C12H20N4S/c13-16-12(11-8-14-6-7-15-11)9-17-10-4-2-1-3-5-10/h6-8,10,12,16H,1-5,9,13H2. The lowest BCUT2D eigenvalue weighted by Gasteiger charge is -2.23. The summed E-state index contributed by atoms with van der Waals surface area (Å²) in [4.78, 5) is 8.38. The van der Waals surface area contributed by atoms with E-state index in [0.717, 1.165) is 16.7 Å². The van der Waals surface area contributed by atoms with E-state index in [0.29, 0.717) is 0 Å². The number of nitrogens with zero attached hydrogens (tertiary/aromatic N) is 2. The summed E-state index contributed by atoms with van der Waals surface area (Å²) in [5.74, 6) is 6.56. The molecule has 1 atom stereocenters. The summed E-state index contributed by atoms with van der Waals surface area (Å²) in [6, 6.07) is 0.107. The summed E-state index contributed by atoms with van der Waals surface area (Å²) in [7, 11) is 0. The maximum atomic E-state index is 5.59. The van der Waals surface area contributed by atoms with Crippen molar-refractivity contribution in [2.45, 2.75) is 43.4 Å². The van der Waals surface area contributed by atoms with E-state index in [1.807, 2.05) is 11.8 Å². The van der Waals surface area contributed by atoms with Crippen LogP contribution in [0.15, 0.2) is 18.6 Å². The topological polar surface area (TPSA) is 63.8 Å². The molecule has 17 heavy (non-hydrogen) atoms. The number of nitrogens with one attached hydrogen (secondary N) is 1. The number of hydrogen-bond acceptors (Lipinski definition) is 5. The lowest BCUT2D eigenvalue weighted by Crippen LogP contribution is -2.31. The third kappa shape index (κ3) is 3.94. The molecular weight excluding hydrogens is 232 g/mol. The molecule has 1 aromatic heterocycles. The molecule has 1 unspecified atom stereocenters. The summed E-state index contributed by atoms with van der Waals surface area (Å²) < 4.78 is 0. The molecule has 0 radical (unpaired) electrons. The molecule has 0 aliphatic heterocycles. The Morgan fingerprint density at radius 3 is 2.82 bits per heavy atom. The van der Waals surface area contributed by atoms with Gasteiger partial charge in [0.05, 0.1) is 17.9 Å². The van der Waals surface area contributed by atoms with Gasteiger partial charge in [-0.2, -0.15) is 11.8 Å². The average Bonchev–Trinajstić information content (AvgIpc) is 2.42. The van der Waals surface area contributed by atoms with Crippen LogP contribution in [0.25, 0.3) is 0 Å². The van der Waals surface area contributed by atoms with Crippen molar-refractivity contribution in [2.75, 3.05) is 5.75 Å². The lowest BCUT2D eigenvalue weighted by molar-refractivity contribution is 0.513. The minimum absolute atomic E-state index is 0.107. The quantitative estimate of drug-likeness (QED) is 0.620. The van der Waals surface area contributed by atoms with Gasteiger partial charge in [0, 0.05) is 23.4 Å². The highest BCUT2D eigenvalue weighted by Crippen LogP contribution is 2.30. The molecule has 4 nitrogen and oxygen atoms in total. The van der Waals surface area contributed by atoms with Crippen LogP contribution in [0.3, 0.4) is 0 Å². The van der Waals surface area contributed by atoms with E-state index in [1.165, 1.54) is 32.1 Å². The molecule has 0 saturated heterocycles. The van der Waals surface area contributed by atoms with E-state index in [2.05, 4.69) is 15.4 Å². The molecule has 1 fully saturated rings. The fourth-order valence-corrected chi connectivity index (χ4v) is 3.57. The Labute approximate surface area is 107 Å². The molecule has 1 aliphatic carbocycles. The predicted molar refractivity (Wildman–Crippen MR) is 71.4 cm³/mol. The van der Waals surface area contributed by atoms with Crippen molar-refractivity contribution >= 4 is 11.8 Å². The maximum Gasteiger partial charge on any atom is 0.0777 e. The molecule has 94 valence electrons. The van der Waals surface area contributed by atoms with Crippen molar-refractivity contribution in [1.29, 1.82) is 0 Å².